The van der Waals surface area contributed by atoms with Crippen LogP contribution in [0.4, 0.5) is 17.1 Å². The van der Waals surface area contributed by atoms with E-state index in [0.29, 0.717) is 22.8 Å². The average Bonchev–Trinajstić information content (AvgIpc) is 2.66. The zero-order valence-corrected chi connectivity index (χ0v) is 16.6. The summed E-state index contributed by atoms with van der Waals surface area (Å²) in [6.07, 6.45) is 0.280. The van der Waals surface area contributed by atoms with Crippen molar-refractivity contribution < 1.29 is 22.7 Å². The molecule has 0 saturated heterocycles. The summed E-state index contributed by atoms with van der Waals surface area (Å²) in [4.78, 5) is 26.1. The number of amides is 2. The van der Waals surface area contributed by atoms with Gasteiger partial charge in [-0.05, 0) is 43.3 Å². The number of ether oxygens (including phenoxy) is 1. The van der Waals surface area contributed by atoms with Crippen LogP contribution in [0.1, 0.15) is 6.92 Å². The lowest BCUT2D eigenvalue weighted by molar-refractivity contribution is -0.126. The van der Waals surface area contributed by atoms with E-state index >= 15 is 0 Å². The van der Waals surface area contributed by atoms with Gasteiger partial charge in [-0.25, -0.2) is 8.42 Å². The van der Waals surface area contributed by atoms with Crippen molar-refractivity contribution in [1.29, 1.82) is 0 Å². The van der Waals surface area contributed by atoms with E-state index in [0.717, 1.165) is 10.6 Å². The highest BCUT2D eigenvalue weighted by Crippen LogP contribution is 2.30. The monoisotopic (exact) mass is 403 g/mol. The lowest BCUT2D eigenvalue weighted by Gasteiger charge is -2.31. The van der Waals surface area contributed by atoms with Gasteiger partial charge in [-0.15, -0.1) is 0 Å². The molecule has 0 fully saturated rings. The Morgan fingerprint density at radius 2 is 1.82 bits per heavy atom. The third-order valence-electron chi connectivity index (χ3n) is 4.40. The van der Waals surface area contributed by atoms with Gasteiger partial charge in [0, 0.05) is 7.05 Å². The average molecular weight is 403 g/mol. The molecule has 1 aliphatic rings. The molecule has 8 nitrogen and oxygen atoms in total. The van der Waals surface area contributed by atoms with Crippen molar-refractivity contribution in [2.45, 2.75) is 13.0 Å². The molecule has 0 aromatic heterocycles. The van der Waals surface area contributed by atoms with Crippen molar-refractivity contribution in [3.05, 3.63) is 48.5 Å². The third-order valence-corrected chi connectivity index (χ3v) is 5.60. The van der Waals surface area contributed by atoms with Gasteiger partial charge in [0.15, 0.2) is 6.10 Å². The van der Waals surface area contributed by atoms with Gasteiger partial charge in [0.05, 0.1) is 23.3 Å². The zero-order chi connectivity index (χ0) is 20.5. The van der Waals surface area contributed by atoms with Crippen LogP contribution in [0.3, 0.4) is 0 Å². The van der Waals surface area contributed by atoms with Gasteiger partial charge in [0.1, 0.15) is 12.3 Å². The number of hydrogen-bond acceptors (Lipinski definition) is 5. The van der Waals surface area contributed by atoms with Crippen LogP contribution in [-0.4, -0.2) is 46.2 Å². The van der Waals surface area contributed by atoms with Crippen LogP contribution in [0.5, 0.6) is 5.75 Å². The van der Waals surface area contributed by atoms with E-state index in [1.165, 1.54) is 11.9 Å². The number of carbonyl (C=O) groups excluding carboxylic acids is 2. The van der Waals surface area contributed by atoms with E-state index in [1.807, 2.05) is 0 Å². The van der Waals surface area contributed by atoms with E-state index in [1.54, 1.807) is 55.5 Å². The maximum absolute atomic E-state index is 12.9. The second kappa shape index (κ2) is 7.51. The Labute approximate surface area is 163 Å². The number of para-hydroxylation sites is 2. The fraction of sp³-hybridized carbons (Fsp3) is 0.263. The van der Waals surface area contributed by atoms with Crippen molar-refractivity contribution in [1.82, 2.24) is 0 Å². The number of rotatable bonds is 5. The number of fused-ring (bicyclic) bond motifs is 1. The molecule has 2 aromatic carbocycles. The SMILES string of the molecule is CC(Oc1ccc(N(C)S(C)(=O)=O)cc1)C(=O)N1CC(=O)Nc2ccccc21. The van der Waals surface area contributed by atoms with Crippen molar-refractivity contribution in [2.24, 2.45) is 0 Å². The fourth-order valence-corrected chi connectivity index (χ4v) is 3.33. The molecule has 0 radical (unpaired) electrons. The Balaban J connectivity index is 1.74. The van der Waals surface area contributed by atoms with Gasteiger partial charge < -0.3 is 10.1 Å². The molecule has 0 aliphatic carbocycles. The Morgan fingerprint density at radius 3 is 2.46 bits per heavy atom. The molecule has 0 spiro atoms. The predicted octanol–water partition coefficient (Wildman–Crippen LogP) is 1.83. The van der Waals surface area contributed by atoms with E-state index < -0.39 is 16.1 Å². The second-order valence-electron chi connectivity index (χ2n) is 6.47. The molecule has 1 heterocycles. The highest BCUT2D eigenvalue weighted by molar-refractivity contribution is 7.92. The maximum Gasteiger partial charge on any atom is 0.268 e. The first kappa shape index (κ1) is 19.7. The Kier molecular flexibility index (Phi) is 5.28. The molecule has 0 bridgehead atoms. The summed E-state index contributed by atoms with van der Waals surface area (Å²) in [5.41, 5.74) is 1.68. The lowest BCUT2D eigenvalue weighted by atomic mass is 10.1. The van der Waals surface area contributed by atoms with Gasteiger partial charge in [0.2, 0.25) is 15.9 Å². The Bertz CT molecular complexity index is 1000. The Hall–Kier alpha value is -3.07. The molecule has 9 heteroatoms. The maximum atomic E-state index is 12.9. The number of nitrogens with zero attached hydrogens (tertiary/aromatic N) is 2. The first-order valence-corrected chi connectivity index (χ1v) is 10.4. The minimum absolute atomic E-state index is 0.0817. The number of nitrogens with one attached hydrogen (secondary N) is 1. The number of hydrogen-bond donors (Lipinski definition) is 1. The van der Waals surface area contributed by atoms with Crippen LogP contribution in [0, 0.1) is 0 Å². The molecule has 1 unspecified atom stereocenters. The van der Waals surface area contributed by atoms with Crippen LogP contribution in [0.25, 0.3) is 0 Å². The number of sulfonamides is 1. The molecule has 3 rings (SSSR count). The van der Waals surface area contributed by atoms with E-state index in [2.05, 4.69) is 5.32 Å². The summed E-state index contributed by atoms with van der Waals surface area (Å²) >= 11 is 0. The number of benzene rings is 2. The summed E-state index contributed by atoms with van der Waals surface area (Å²) in [6, 6.07) is 13.4. The fourth-order valence-electron chi connectivity index (χ4n) is 2.83. The third kappa shape index (κ3) is 4.09. The molecule has 1 atom stereocenters. The van der Waals surface area contributed by atoms with Crippen LogP contribution in [0.2, 0.25) is 0 Å². The minimum atomic E-state index is -3.36. The van der Waals surface area contributed by atoms with Crippen LogP contribution in [0.15, 0.2) is 48.5 Å². The Morgan fingerprint density at radius 1 is 1.18 bits per heavy atom. The first-order chi connectivity index (χ1) is 13.2. The van der Waals surface area contributed by atoms with Gasteiger partial charge in [-0.1, -0.05) is 12.1 Å². The largest absolute Gasteiger partial charge is 0.481 e. The highest BCUT2D eigenvalue weighted by Gasteiger charge is 2.30. The summed E-state index contributed by atoms with van der Waals surface area (Å²) < 4.78 is 30.1. The molecule has 148 valence electrons. The van der Waals surface area contributed by atoms with Gasteiger partial charge in [-0.2, -0.15) is 0 Å². The summed E-state index contributed by atoms with van der Waals surface area (Å²) in [5, 5.41) is 2.73. The zero-order valence-electron chi connectivity index (χ0n) is 15.7. The van der Waals surface area contributed by atoms with Gasteiger partial charge in [0.25, 0.3) is 5.91 Å². The van der Waals surface area contributed by atoms with E-state index in [9.17, 15) is 18.0 Å². The van der Waals surface area contributed by atoms with Gasteiger partial charge >= 0.3 is 0 Å². The first-order valence-electron chi connectivity index (χ1n) is 8.57. The topological polar surface area (TPSA) is 96.0 Å². The highest BCUT2D eigenvalue weighted by atomic mass is 32.2. The van der Waals surface area contributed by atoms with Crippen LogP contribution < -0.4 is 19.3 Å². The summed E-state index contributed by atoms with van der Waals surface area (Å²) in [7, 11) is -1.90. The summed E-state index contributed by atoms with van der Waals surface area (Å²) in [5.74, 6) is -0.201. The molecular formula is C19H21N3O5S. The molecule has 1 aliphatic heterocycles. The second-order valence-corrected chi connectivity index (χ2v) is 8.49. The quantitative estimate of drug-likeness (QED) is 0.822. The number of carbonyl (C=O) groups is 2. The molecule has 0 saturated carbocycles. The van der Waals surface area contributed by atoms with Crippen LogP contribution in [-0.2, 0) is 19.6 Å². The van der Waals surface area contributed by atoms with E-state index in [-0.39, 0.29) is 18.4 Å². The smallest absolute Gasteiger partial charge is 0.268 e. The summed E-state index contributed by atoms with van der Waals surface area (Å²) in [6.45, 7) is 1.52. The van der Waals surface area contributed by atoms with Crippen molar-refractivity contribution in [3.63, 3.8) is 0 Å². The molecule has 2 amide bonds. The molecule has 2 aromatic rings. The number of anilines is 3. The van der Waals surface area contributed by atoms with Crippen molar-refractivity contribution in [2.75, 3.05) is 34.4 Å². The standard InChI is InChI=1S/C19H21N3O5S/c1-13(27-15-10-8-14(9-11-15)21(2)28(3,25)26)19(24)22-12-18(23)20-16-6-4-5-7-17(16)22/h4-11,13H,12H2,1-3H3,(H,20,23). The van der Waals surface area contributed by atoms with Gasteiger partial charge in [-0.3, -0.25) is 18.8 Å². The normalized spacial score (nSPS) is 14.7. The molecule has 1 N–H and O–H groups in total. The van der Waals surface area contributed by atoms with Crippen molar-refractivity contribution >= 4 is 38.9 Å². The van der Waals surface area contributed by atoms with Crippen LogP contribution >= 0.6 is 0 Å². The molecular weight excluding hydrogens is 382 g/mol. The van der Waals surface area contributed by atoms with E-state index in [4.69, 9.17) is 4.74 Å². The molecule has 28 heavy (non-hydrogen) atoms. The predicted molar refractivity (Wildman–Crippen MR) is 107 cm³/mol. The minimum Gasteiger partial charge on any atom is -0.481 e. The van der Waals surface area contributed by atoms with Crippen molar-refractivity contribution in [3.8, 4) is 5.75 Å². The lowest BCUT2D eigenvalue weighted by Crippen LogP contribution is -2.47.